The standard InChI is InChI=1S/C29H37N5O3S/c1-4-23-26(38-32-31-23)28(35)33-17-12-22(13-18-33)34-16-8-14-29(2,3)20-36-24-10-5-6-11-25(24)37-27-21(19-34)9-7-15-30-27/h5-7,9-11,15,22H,4,8,12-14,16-20H2,1-3H3. The van der Waals surface area contributed by atoms with Crippen LogP contribution >= 0.6 is 11.5 Å². The number of para-hydroxylation sites is 2. The second kappa shape index (κ2) is 11.8. The molecule has 1 aromatic carbocycles. The van der Waals surface area contributed by atoms with Crippen molar-refractivity contribution in [3.8, 4) is 17.4 Å². The Balaban J connectivity index is 1.35. The molecule has 0 bridgehead atoms. The fourth-order valence-electron chi connectivity index (χ4n) is 5.29. The van der Waals surface area contributed by atoms with Crippen LogP contribution < -0.4 is 9.47 Å². The quantitative estimate of drug-likeness (QED) is 0.432. The van der Waals surface area contributed by atoms with Gasteiger partial charge in [-0.15, -0.1) is 5.10 Å². The minimum Gasteiger partial charge on any atom is -0.489 e. The third-order valence-electron chi connectivity index (χ3n) is 7.55. The fraction of sp³-hybridized carbons (Fsp3) is 0.517. The van der Waals surface area contributed by atoms with Gasteiger partial charge in [0.2, 0.25) is 5.88 Å². The highest BCUT2D eigenvalue weighted by Crippen LogP contribution is 2.35. The van der Waals surface area contributed by atoms with Crippen LogP contribution in [0.2, 0.25) is 0 Å². The van der Waals surface area contributed by atoms with Crippen molar-refractivity contribution in [1.29, 1.82) is 0 Å². The van der Waals surface area contributed by atoms with Gasteiger partial charge in [-0.1, -0.05) is 43.5 Å². The summed E-state index contributed by atoms with van der Waals surface area (Å²) in [6.45, 7) is 10.4. The number of aromatic nitrogens is 3. The van der Waals surface area contributed by atoms with Crippen molar-refractivity contribution in [2.75, 3.05) is 26.2 Å². The number of pyridine rings is 1. The fourth-order valence-corrected chi connectivity index (χ4v) is 6.01. The maximum Gasteiger partial charge on any atom is 0.267 e. The third-order valence-corrected chi connectivity index (χ3v) is 8.31. The van der Waals surface area contributed by atoms with Gasteiger partial charge in [-0.05, 0) is 73.8 Å². The van der Waals surface area contributed by atoms with Gasteiger partial charge in [-0.3, -0.25) is 9.69 Å². The van der Waals surface area contributed by atoms with Crippen LogP contribution in [-0.2, 0) is 13.0 Å². The Labute approximate surface area is 229 Å². The lowest BCUT2D eigenvalue weighted by Crippen LogP contribution is -2.47. The van der Waals surface area contributed by atoms with E-state index in [2.05, 4.69) is 39.4 Å². The first-order chi connectivity index (χ1) is 18.4. The SMILES string of the molecule is CCc1nnsc1C(=O)N1CCC(N2CCCC(C)(C)COc3ccccc3Oc3ncccc3C2)CC1. The van der Waals surface area contributed by atoms with Crippen molar-refractivity contribution in [3.63, 3.8) is 0 Å². The summed E-state index contributed by atoms with van der Waals surface area (Å²) in [7, 11) is 0. The van der Waals surface area contributed by atoms with E-state index in [4.69, 9.17) is 9.47 Å². The molecule has 1 amide bonds. The molecule has 8 nitrogen and oxygen atoms in total. The number of amides is 1. The van der Waals surface area contributed by atoms with Gasteiger partial charge in [0.1, 0.15) is 4.88 Å². The van der Waals surface area contributed by atoms with Crippen LogP contribution in [0.5, 0.6) is 17.4 Å². The molecular formula is C29H37N5O3S. The first-order valence-electron chi connectivity index (χ1n) is 13.6. The Morgan fingerprint density at radius 2 is 1.89 bits per heavy atom. The van der Waals surface area contributed by atoms with Crippen LogP contribution in [0.15, 0.2) is 42.6 Å². The van der Waals surface area contributed by atoms with Crippen LogP contribution in [0.4, 0.5) is 0 Å². The number of nitrogens with zero attached hydrogens (tertiary/aromatic N) is 5. The molecule has 3 aromatic rings. The van der Waals surface area contributed by atoms with Crippen molar-refractivity contribution in [2.45, 2.75) is 65.5 Å². The van der Waals surface area contributed by atoms with Crippen LogP contribution in [0.25, 0.3) is 0 Å². The third kappa shape index (κ3) is 6.15. The number of ether oxygens (including phenoxy) is 2. The average Bonchev–Trinajstić information content (AvgIpc) is 3.41. The minimum absolute atomic E-state index is 0.0352. The van der Waals surface area contributed by atoms with E-state index >= 15 is 0 Å². The molecule has 0 N–H and O–H groups in total. The highest BCUT2D eigenvalue weighted by Gasteiger charge is 2.31. The van der Waals surface area contributed by atoms with Gasteiger partial charge in [0.25, 0.3) is 5.91 Å². The normalized spacial score (nSPS) is 19.1. The first-order valence-corrected chi connectivity index (χ1v) is 14.4. The Morgan fingerprint density at radius 1 is 1.11 bits per heavy atom. The van der Waals surface area contributed by atoms with Crippen molar-refractivity contribution >= 4 is 17.4 Å². The highest BCUT2D eigenvalue weighted by molar-refractivity contribution is 7.08. The molecule has 0 aliphatic carbocycles. The molecule has 5 rings (SSSR count). The molecular weight excluding hydrogens is 498 g/mol. The van der Waals surface area contributed by atoms with E-state index in [1.165, 1.54) is 11.5 Å². The van der Waals surface area contributed by atoms with Crippen molar-refractivity contribution in [1.82, 2.24) is 24.4 Å². The average molecular weight is 536 g/mol. The van der Waals surface area contributed by atoms with E-state index in [1.54, 1.807) is 6.20 Å². The number of hydrogen-bond donors (Lipinski definition) is 0. The molecule has 9 heteroatoms. The second-order valence-electron chi connectivity index (χ2n) is 11.0. The van der Waals surface area contributed by atoms with Crippen LogP contribution in [-0.4, -0.2) is 62.6 Å². The zero-order chi connectivity index (χ0) is 26.5. The van der Waals surface area contributed by atoms with Crippen molar-refractivity contribution in [3.05, 3.63) is 58.7 Å². The zero-order valence-corrected chi connectivity index (χ0v) is 23.4. The largest absolute Gasteiger partial charge is 0.489 e. The van der Waals surface area contributed by atoms with Crippen LogP contribution in [0.3, 0.4) is 0 Å². The summed E-state index contributed by atoms with van der Waals surface area (Å²) >= 11 is 1.21. The lowest BCUT2D eigenvalue weighted by Gasteiger charge is -2.39. The maximum atomic E-state index is 13.2. The number of benzene rings is 1. The number of rotatable bonds is 3. The molecule has 202 valence electrons. The summed E-state index contributed by atoms with van der Waals surface area (Å²) in [6.07, 6.45) is 6.50. The van der Waals surface area contributed by atoms with E-state index in [0.717, 1.165) is 75.3 Å². The topological polar surface area (TPSA) is 80.7 Å². The number of fused-ring (bicyclic) bond motifs is 2. The number of hydrogen-bond acceptors (Lipinski definition) is 8. The summed E-state index contributed by atoms with van der Waals surface area (Å²) in [6, 6.07) is 12.3. The second-order valence-corrected chi connectivity index (χ2v) is 11.7. The van der Waals surface area contributed by atoms with Gasteiger partial charge >= 0.3 is 0 Å². The van der Waals surface area contributed by atoms with Crippen LogP contribution in [0.1, 0.15) is 67.4 Å². The van der Waals surface area contributed by atoms with E-state index in [-0.39, 0.29) is 11.3 Å². The summed E-state index contributed by atoms with van der Waals surface area (Å²) in [4.78, 5) is 23.0. The van der Waals surface area contributed by atoms with Gasteiger partial charge in [0.15, 0.2) is 11.5 Å². The summed E-state index contributed by atoms with van der Waals surface area (Å²) < 4.78 is 16.6. The minimum atomic E-state index is 0.0352. The molecule has 4 heterocycles. The van der Waals surface area contributed by atoms with Crippen molar-refractivity contribution in [2.24, 2.45) is 5.41 Å². The molecule has 0 unspecified atom stereocenters. The van der Waals surface area contributed by atoms with Gasteiger partial charge in [0.05, 0.1) is 12.3 Å². The molecule has 2 aliphatic rings. The predicted octanol–water partition coefficient (Wildman–Crippen LogP) is 5.59. The Hall–Kier alpha value is -3.04. The van der Waals surface area contributed by atoms with E-state index in [1.807, 2.05) is 42.2 Å². The number of carbonyl (C=O) groups excluding carboxylic acids is 1. The molecule has 2 aliphatic heterocycles. The van der Waals surface area contributed by atoms with E-state index in [0.29, 0.717) is 29.2 Å². The number of likely N-dealkylation sites (tertiary alicyclic amines) is 1. The highest BCUT2D eigenvalue weighted by atomic mass is 32.1. The molecule has 1 fully saturated rings. The Kier molecular flexibility index (Phi) is 8.24. The van der Waals surface area contributed by atoms with Gasteiger partial charge in [0, 0.05) is 37.4 Å². The molecule has 0 atom stereocenters. The molecule has 1 saturated heterocycles. The van der Waals surface area contributed by atoms with E-state index in [9.17, 15) is 4.79 Å². The zero-order valence-electron chi connectivity index (χ0n) is 22.6. The smallest absolute Gasteiger partial charge is 0.267 e. The summed E-state index contributed by atoms with van der Waals surface area (Å²) in [5, 5.41) is 4.13. The molecule has 38 heavy (non-hydrogen) atoms. The van der Waals surface area contributed by atoms with Crippen molar-refractivity contribution < 1.29 is 14.3 Å². The maximum absolute atomic E-state index is 13.2. The molecule has 2 aromatic heterocycles. The number of aryl methyl sites for hydroxylation is 1. The number of piperidine rings is 1. The predicted molar refractivity (Wildman–Crippen MR) is 148 cm³/mol. The Bertz CT molecular complexity index is 1240. The monoisotopic (exact) mass is 535 g/mol. The summed E-state index contributed by atoms with van der Waals surface area (Å²) in [5.41, 5.74) is 1.90. The Morgan fingerprint density at radius 3 is 2.68 bits per heavy atom. The molecule has 0 radical (unpaired) electrons. The molecule has 0 saturated carbocycles. The van der Waals surface area contributed by atoms with Gasteiger partial charge in [-0.2, -0.15) is 0 Å². The lowest BCUT2D eigenvalue weighted by atomic mass is 9.88. The van der Waals surface area contributed by atoms with E-state index < -0.39 is 0 Å². The lowest BCUT2D eigenvalue weighted by molar-refractivity contribution is 0.0598. The van der Waals surface area contributed by atoms with Gasteiger partial charge < -0.3 is 14.4 Å². The first kappa shape index (κ1) is 26.6. The van der Waals surface area contributed by atoms with Gasteiger partial charge in [-0.25, -0.2) is 4.98 Å². The van der Waals surface area contributed by atoms with Crippen LogP contribution in [0, 0.1) is 5.41 Å². The number of carbonyl (C=O) groups is 1. The molecule has 0 spiro atoms. The summed E-state index contributed by atoms with van der Waals surface area (Å²) in [5.74, 6) is 2.12.